The van der Waals surface area contributed by atoms with Gasteiger partial charge in [-0.15, -0.1) is 0 Å². The summed E-state index contributed by atoms with van der Waals surface area (Å²) >= 11 is 0. The monoisotopic (exact) mass is 455 g/mol. The second-order valence-electron chi connectivity index (χ2n) is 9.56. The van der Waals surface area contributed by atoms with Crippen molar-refractivity contribution >= 4 is 23.5 Å². The van der Waals surface area contributed by atoms with Gasteiger partial charge in [-0.25, -0.2) is 0 Å². The number of aromatic nitrogens is 3. The molecule has 1 saturated heterocycles. The molecule has 0 bridgehead atoms. The largest absolute Gasteiger partial charge is 0.494 e. The maximum Gasteiger partial charge on any atom is 0.291 e. The first kappa shape index (κ1) is 23.1. The molecular formula is C24H33N5O4. The van der Waals surface area contributed by atoms with Gasteiger partial charge in [0.25, 0.3) is 11.5 Å². The van der Waals surface area contributed by atoms with Crippen LogP contribution in [0, 0.1) is 12.8 Å². The smallest absolute Gasteiger partial charge is 0.291 e. The van der Waals surface area contributed by atoms with Crippen LogP contribution in [0.25, 0.3) is 11.7 Å². The summed E-state index contributed by atoms with van der Waals surface area (Å²) in [5, 5.41) is 18.2. The predicted octanol–water partition coefficient (Wildman–Crippen LogP) is 2.47. The lowest BCUT2D eigenvalue weighted by Crippen LogP contribution is -2.34. The van der Waals surface area contributed by atoms with E-state index in [4.69, 9.17) is 0 Å². The van der Waals surface area contributed by atoms with Gasteiger partial charge in [-0.2, -0.15) is 9.61 Å². The van der Waals surface area contributed by atoms with Crippen LogP contribution >= 0.6 is 0 Å². The summed E-state index contributed by atoms with van der Waals surface area (Å²) in [5.41, 5.74) is 0.538. The average molecular weight is 456 g/mol. The lowest BCUT2D eigenvalue weighted by Gasteiger charge is -2.22. The summed E-state index contributed by atoms with van der Waals surface area (Å²) < 4.78 is 2.73. The van der Waals surface area contributed by atoms with E-state index in [1.165, 1.54) is 10.6 Å². The van der Waals surface area contributed by atoms with Gasteiger partial charge in [-0.1, -0.05) is 20.8 Å². The van der Waals surface area contributed by atoms with Crippen molar-refractivity contribution in [2.24, 2.45) is 5.92 Å². The van der Waals surface area contributed by atoms with Gasteiger partial charge in [0.1, 0.15) is 5.65 Å². The molecule has 3 heterocycles. The molecule has 2 amide bonds. The molecule has 0 spiro atoms. The van der Waals surface area contributed by atoms with Crippen LogP contribution in [0.15, 0.2) is 10.9 Å². The highest BCUT2D eigenvalue weighted by atomic mass is 16.3. The molecule has 4 rings (SSSR count). The fourth-order valence-corrected chi connectivity index (χ4v) is 4.58. The highest BCUT2D eigenvalue weighted by Gasteiger charge is 2.30. The van der Waals surface area contributed by atoms with Crippen molar-refractivity contribution in [3.63, 3.8) is 0 Å². The van der Waals surface area contributed by atoms with Crippen LogP contribution in [0.3, 0.4) is 0 Å². The van der Waals surface area contributed by atoms with E-state index in [9.17, 15) is 19.5 Å². The SMILES string of the molecule is CCC1CCCN1C(=O)C=Cc1c(C)nn2c(=O)c(C(=O)NC3CC3)c(O)n(CC(C)C)c12. The minimum absolute atomic E-state index is 0.0481. The number of nitrogens with one attached hydrogen (secondary N) is 1. The Bertz CT molecular complexity index is 1170. The van der Waals surface area contributed by atoms with Gasteiger partial charge in [-0.3, -0.25) is 19.0 Å². The van der Waals surface area contributed by atoms with Crippen molar-refractivity contribution in [1.29, 1.82) is 0 Å². The zero-order valence-electron chi connectivity index (χ0n) is 19.8. The number of fused-ring (bicyclic) bond motifs is 1. The highest BCUT2D eigenvalue weighted by Crippen LogP contribution is 2.26. The fourth-order valence-electron chi connectivity index (χ4n) is 4.58. The summed E-state index contributed by atoms with van der Waals surface area (Å²) in [4.78, 5) is 40.7. The Kier molecular flexibility index (Phi) is 6.32. The van der Waals surface area contributed by atoms with Crippen molar-refractivity contribution < 1.29 is 14.7 Å². The zero-order valence-corrected chi connectivity index (χ0v) is 19.8. The van der Waals surface area contributed by atoms with E-state index in [0.29, 0.717) is 23.4 Å². The molecule has 1 aliphatic heterocycles. The number of rotatable bonds is 7. The average Bonchev–Trinajstić information content (AvgIpc) is 3.32. The molecule has 0 aromatic carbocycles. The van der Waals surface area contributed by atoms with Crippen molar-refractivity contribution in [3.05, 3.63) is 33.3 Å². The quantitative estimate of drug-likeness (QED) is 0.624. The first-order valence-electron chi connectivity index (χ1n) is 11.9. The maximum atomic E-state index is 13.2. The molecule has 2 N–H and O–H groups in total. The van der Waals surface area contributed by atoms with Crippen LogP contribution in [0.5, 0.6) is 5.88 Å². The molecule has 178 valence electrons. The van der Waals surface area contributed by atoms with Crippen LogP contribution in [0.4, 0.5) is 0 Å². The Morgan fingerprint density at radius 1 is 1.27 bits per heavy atom. The Balaban J connectivity index is 1.80. The van der Waals surface area contributed by atoms with Gasteiger partial charge < -0.3 is 15.3 Å². The third-order valence-electron chi connectivity index (χ3n) is 6.43. The number of aromatic hydroxyl groups is 1. The van der Waals surface area contributed by atoms with Gasteiger partial charge in [0.2, 0.25) is 11.8 Å². The number of amides is 2. The summed E-state index contributed by atoms with van der Waals surface area (Å²) in [5.74, 6) is -0.893. The number of hydrogen-bond donors (Lipinski definition) is 2. The highest BCUT2D eigenvalue weighted by molar-refractivity contribution is 5.97. The molecule has 2 fully saturated rings. The van der Waals surface area contributed by atoms with Gasteiger partial charge in [-0.05, 0) is 51.0 Å². The molecular weight excluding hydrogens is 422 g/mol. The lowest BCUT2D eigenvalue weighted by atomic mass is 10.1. The summed E-state index contributed by atoms with van der Waals surface area (Å²) in [6, 6.07) is 0.301. The second kappa shape index (κ2) is 9.03. The van der Waals surface area contributed by atoms with Crippen LogP contribution < -0.4 is 10.9 Å². The topological polar surface area (TPSA) is 109 Å². The van der Waals surface area contributed by atoms with Gasteiger partial charge in [0, 0.05) is 36.8 Å². The number of hydrogen-bond acceptors (Lipinski definition) is 5. The molecule has 0 radical (unpaired) electrons. The number of carbonyl (C=O) groups excluding carboxylic acids is 2. The summed E-state index contributed by atoms with van der Waals surface area (Å²) in [7, 11) is 0. The predicted molar refractivity (Wildman–Crippen MR) is 125 cm³/mol. The van der Waals surface area contributed by atoms with E-state index in [-0.39, 0.29) is 35.4 Å². The second-order valence-corrected chi connectivity index (χ2v) is 9.56. The Hall–Kier alpha value is -3.10. The molecule has 1 atom stereocenters. The fraction of sp³-hybridized carbons (Fsp3) is 0.583. The summed E-state index contributed by atoms with van der Waals surface area (Å²) in [6.45, 7) is 8.93. The van der Waals surface area contributed by atoms with Crippen LogP contribution in [-0.4, -0.2) is 54.6 Å². The Morgan fingerprint density at radius 3 is 2.64 bits per heavy atom. The minimum Gasteiger partial charge on any atom is -0.494 e. The van der Waals surface area contributed by atoms with Crippen molar-refractivity contribution in [2.75, 3.05) is 6.54 Å². The zero-order chi connectivity index (χ0) is 23.9. The van der Waals surface area contributed by atoms with E-state index in [0.717, 1.165) is 38.6 Å². The van der Waals surface area contributed by atoms with Crippen molar-refractivity contribution in [2.45, 2.75) is 78.4 Å². The number of nitrogens with zero attached hydrogens (tertiary/aromatic N) is 4. The van der Waals surface area contributed by atoms with E-state index < -0.39 is 11.5 Å². The molecule has 9 nitrogen and oxygen atoms in total. The number of carbonyl (C=O) groups is 2. The molecule has 9 heteroatoms. The summed E-state index contributed by atoms with van der Waals surface area (Å²) in [6.07, 6.45) is 7.87. The van der Waals surface area contributed by atoms with Gasteiger partial charge >= 0.3 is 0 Å². The molecule has 33 heavy (non-hydrogen) atoms. The Labute approximate surface area is 193 Å². The molecule has 1 unspecified atom stereocenters. The van der Waals surface area contributed by atoms with E-state index >= 15 is 0 Å². The third-order valence-corrected chi connectivity index (χ3v) is 6.43. The van der Waals surface area contributed by atoms with Crippen LogP contribution in [0.1, 0.15) is 74.5 Å². The standard InChI is InChI=1S/C24H33N5O4/c1-5-17-7-6-12-27(17)19(30)11-10-18-15(4)26-29-22(18)28(13-14(2)3)23(32)20(24(29)33)21(31)25-16-8-9-16/h10-11,14,16-17,32H,5-9,12-13H2,1-4H3,(H,25,31). The van der Waals surface area contributed by atoms with Crippen molar-refractivity contribution in [3.8, 4) is 5.88 Å². The van der Waals surface area contributed by atoms with Gasteiger partial charge in [0.15, 0.2) is 5.56 Å². The Morgan fingerprint density at radius 2 is 2.00 bits per heavy atom. The van der Waals surface area contributed by atoms with E-state index in [1.807, 2.05) is 18.7 Å². The lowest BCUT2D eigenvalue weighted by molar-refractivity contribution is -0.126. The van der Waals surface area contributed by atoms with Gasteiger partial charge in [0.05, 0.1) is 5.69 Å². The first-order valence-corrected chi connectivity index (χ1v) is 11.9. The molecule has 1 saturated carbocycles. The molecule has 1 aliphatic carbocycles. The normalized spacial score (nSPS) is 18.7. The first-order chi connectivity index (χ1) is 15.7. The van der Waals surface area contributed by atoms with Crippen LogP contribution in [-0.2, 0) is 11.3 Å². The van der Waals surface area contributed by atoms with Crippen molar-refractivity contribution in [1.82, 2.24) is 24.4 Å². The number of likely N-dealkylation sites (tertiary alicyclic amines) is 1. The van der Waals surface area contributed by atoms with Crippen LogP contribution in [0.2, 0.25) is 0 Å². The number of aryl methyl sites for hydroxylation is 1. The maximum absolute atomic E-state index is 13.2. The van der Waals surface area contributed by atoms with E-state index in [2.05, 4.69) is 17.3 Å². The third kappa shape index (κ3) is 4.41. The van der Waals surface area contributed by atoms with E-state index in [1.54, 1.807) is 17.6 Å². The molecule has 2 aromatic heterocycles. The molecule has 2 aliphatic rings. The minimum atomic E-state index is -0.666. The molecule has 2 aromatic rings.